The predicted octanol–water partition coefficient (Wildman–Crippen LogP) is 2.01. The fourth-order valence-corrected chi connectivity index (χ4v) is 2.36. The molecule has 0 bridgehead atoms. The first kappa shape index (κ1) is 12.2. The Bertz CT molecular complexity index is 459. The van der Waals surface area contributed by atoms with Gasteiger partial charge in [-0.15, -0.1) is 0 Å². The van der Waals surface area contributed by atoms with E-state index in [2.05, 4.69) is 10.6 Å². The van der Waals surface area contributed by atoms with Crippen molar-refractivity contribution in [3.8, 4) is 0 Å². The summed E-state index contributed by atoms with van der Waals surface area (Å²) in [4.78, 5) is 13.7. The van der Waals surface area contributed by atoms with Crippen molar-refractivity contribution < 1.29 is 4.79 Å². The Balaban J connectivity index is 2.44. The molecule has 1 heterocycles. The van der Waals surface area contributed by atoms with E-state index < -0.39 is 0 Å². The van der Waals surface area contributed by atoms with Crippen LogP contribution in [0.5, 0.6) is 0 Å². The summed E-state index contributed by atoms with van der Waals surface area (Å²) >= 11 is 6.21. The molecule has 5 heteroatoms. The molecular formula is C12H16ClN3O. The molecule has 0 fully saturated rings. The van der Waals surface area contributed by atoms with Gasteiger partial charge in [0.25, 0.3) is 0 Å². The van der Waals surface area contributed by atoms with Crippen LogP contribution in [-0.4, -0.2) is 26.5 Å². The Morgan fingerprint density at radius 2 is 2.18 bits per heavy atom. The van der Waals surface area contributed by atoms with Crippen molar-refractivity contribution in [3.63, 3.8) is 0 Å². The summed E-state index contributed by atoms with van der Waals surface area (Å²) in [5.41, 5.74) is 2.67. The van der Waals surface area contributed by atoms with Crippen LogP contribution in [0.1, 0.15) is 18.5 Å². The molecule has 2 rings (SSSR count). The minimum atomic E-state index is -0.288. The molecule has 0 saturated carbocycles. The highest BCUT2D eigenvalue weighted by Crippen LogP contribution is 2.38. The van der Waals surface area contributed by atoms with Gasteiger partial charge in [0.2, 0.25) is 5.91 Å². The smallest absolute Gasteiger partial charge is 0.246 e. The van der Waals surface area contributed by atoms with Crippen LogP contribution in [0.3, 0.4) is 0 Å². The normalized spacial score (nSPS) is 17.9. The van der Waals surface area contributed by atoms with Crippen LogP contribution in [0, 0.1) is 0 Å². The number of halogens is 1. The van der Waals surface area contributed by atoms with Crippen LogP contribution in [-0.2, 0) is 4.79 Å². The van der Waals surface area contributed by atoms with Crippen LogP contribution < -0.4 is 15.5 Å². The third-order valence-electron chi connectivity index (χ3n) is 2.84. The van der Waals surface area contributed by atoms with Gasteiger partial charge in [0.15, 0.2) is 0 Å². The summed E-state index contributed by atoms with van der Waals surface area (Å²) in [5, 5.41) is 6.67. The first-order chi connectivity index (χ1) is 8.04. The highest BCUT2D eigenvalue weighted by Gasteiger charge is 2.30. The van der Waals surface area contributed by atoms with Crippen molar-refractivity contribution in [1.29, 1.82) is 0 Å². The molecule has 0 radical (unpaired) electrons. The number of nitrogens with zero attached hydrogens (tertiary/aromatic N) is 1. The molecule has 1 unspecified atom stereocenters. The fourth-order valence-electron chi connectivity index (χ4n) is 2.02. The number of anilines is 2. The molecule has 1 atom stereocenters. The number of hydrogen-bond acceptors (Lipinski definition) is 3. The van der Waals surface area contributed by atoms with Crippen molar-refractivity contribution >= 4 is 28.9 Å². The van der Waals surface area contributed by atoms with Crippen LogP contribution in [0.4, 0.5) is 11.4 Å². The van der Waals surface area contributed by atoms with Crippen molar-refractivity contribution in [2.24, 2.45) is 0 Å². The number of hydrogen-bond donors (Lipinski definition) is 2. The number of likely N-dealkylation sites (N-methyl/N-ethyl adjacent to an activating group) is 1. The lowest BCUT2D eigenvalue weighted by atomic mass is 10.1. The molecule has 1 amide bonds. The second kappa shape index (κ2) is 4.55. The molecular weight excluding hydrogens is 238 g/mol. The lowest BCUT2D eigenvalue weighted by molar-refractivity contribution is -0.117. The molecule has 2 N–H and O–H groups in total. The van der Waals surface area contributed by atoms with Crippen LogP contribution >= 0.6 is 11.6 Å². The van der Waals surface area contributed by atoms with Gasteiger partial charge in [-0.2, -0.15) is 0 Å². The zero-order chi connectivity index (χ0) is 12.6. The van der Waals surface area contributed by atoms with Gasteiger partial charge < -0.3 is 15.5 Å². The van der Waals surface area contributed by atoms with E-state index >= 15 is 0 Å². The lowest BCUT2D eigenvalue weighted by Gasteiger charge is -2.16. The molecule has 0 aliphatic carbocycles. The molecule has 0 spiro atoms. The highest BCUT2D eigenvalue weighted by atomic mass is 35.5. The summed E-state index contributed by atoms with van der Waals surface area (Å²) in [6, 6.07) is 3.48. The van der Waals surface area contributed by atoms with Crippen molar-refractivity contribution in [3.05, 3.63) is 22.7 Å². The van der Waals surface area contributed by atoms with Crippen molar-refractivity contribution in [2.75, 3.05) is 30.9 Å². The highest BCUT2D eigenvalue weighted by molar-refractivity contribution is 6.33. The van der Waals surface area contributed by atoms with E-state index in [-0.39, 0.29) is 11.9 Å². The number of benzene rings is 1. The summed E-state index contributed by atoms with van der Waals surface area (Å²) in [6.07, 6.45) is 0. The molecule has 0 saturated heterocycles. The summed E-state index contributed by atoms with van der Waals surface area (Å²) in [6.45, 7) is 2.71. The van der Waals surface area contributed by atoms with Crippen LogP contribution in [0.2, 0.25) is 5.02 Å². The maximum Gasteiger partial charge on any atom is 0.246 e. The van der Waals surface area contributed by atoms with Crippen LogP contribution in [0.25, 0.3) is 0 Å². The minimum Gasteiger partial charge on any atom is -0.376 e. The van der Waals surface area contributed by atoms with Crippen molar-refractivity contribution in [2.45, 2.75) is 13.0 Å². The molecule has 92 valence electrons. The van der Waals surface area contributed by atoms with E-state index in [0.29, 0.717) is 5.02 Å². The average Bonchev–Trinajstić information content (AvgIpc) is 2.55. The number of carbonyl (C=O) groups is 1. The lowest BCUT2D eigenvalue weighted by Crippen LogP contribution is -2.27. The molecule has 17 heavy (non-hydrogen) atoms. The molecule has 1 aromatic rings. The number of carbonyl (C=O) groups excluding carboxylic acids is 1. The number of fused-ring (bicyclic) bond motifs is 1. The monoisotopic (exact) mass is 253 g/mol. The zero-order valence-corrected chi connectivity index (χ0v) is 10.9. The van der Waals surface area contributed by atoms with Gasteiger partial charge in [0.05, 0.1) is 10.7 Å². The SMILES string of the molecule is CCNC1C(=O)Nc2cc(N(C)C)c(Cl)cc21. The fraction of sp³-hybridized carbons (Fsp3) is 0.417. The quantitative estimate of drug-likeness (QED) is 0.866. The second-order valence-electron chi connectivity index (χ2n) is 4.27. The van der Waals surface area contributed by atoms with Gasteiger partial charge in [-0.25, -0.2) is 0 Å². The topological polar surface area (TPSA) is 44.4 Å². The largest absolute Gasteiger partial charge is 0.376 e. The molecule has 1 aromatic carbocycles. The Labute approximate surface area is 106 Å². The standard InChI is InChI=1S/C12H16ClN3O/c1-4-14-11-7-5-8(13)10(16(2)3)6-9(7)15-12(11)17/h5-6,11,14H,4H2,1-3H3,(H,15,17). The van der Waals surface area contributed by atoms with E-state index in [1.165, 1.54) is 0 Å². The van der Waals surface area contributed by atoms with E-state index in [1.54, 1.807) is 0 Å². The summed E-state index contributed by atoms with van der Waals surface area (Å²) < 4.78 is 0. The average molecular weight is 254 g/mol. The van der Waals surface area contributed by atoms with E-state index in [9.17, 15) is 4.79 Å². The molecule has 1 aliphatic rings. The first-order valence-corrected chi connectivity index (χ1v) is 5.97. The van der Waals surface area contributed by atoms with Gasteiger partial charge in [-0.1, -0.05) is 18.5 Å². The molecule has 4 nitrogen and oxygen atoms in total. The van der Waals surface area contributed by atoms with Gasteiger partial charge in [-0.05, 0) is 18.7 Å². The van der Waals surface area contributed by atoms with Gasteiger partial charge in [0.1, 0.15) is 6.04 Å². The maximum absolute atomic E-state index is 11.8. The van der Waals surface area contributed by atoms with Crippen LogP contribution in [0.15, 0.2) is 12.1 Å². The Morgan fingerprint density at radius 3 is 2.76 bits per heavy atom. The number of nitrogens with one attached hydrogen (secondary N) is 2. The zero-order valence-electron chi connectivity index (χ0n) is 10.2. The minimum absolute atomic E-state index is 0.0196. The Morgan fingerprint density at radius 1 is 1.47 bits per heavy atom. The van der Waals surface area contributed by atoms with Gasteiger partial charge in [-0.3, -0.25) is 4.79 Å². The third kappa shape index (κ3) is 2.10. The Kier molecular flexibility index (Phi) is 3.26. The van der Waals surface area contributed by atoms with Gasteiger partial charge in [0, 0.05) is 25.3 Å². The number of rotatable bonds is 3. The maximum atomic E-state index is 11.8. The Hall–Kier alpha value is -1.26. The van der Waals surface area contributed by atoms with Gasteiger partial charge >= 0.3 is 0 Å². The molecule has 0 aromatic heterocycles. The summed E-state index contributed by atoms with van der Waals surface area (Å²) in [5.74, 6) is -0.0196. The van der Waals surface area contributed by atoms with E-state index in [0.717, 1.165) is 23.5 Å². The first-order valence-electron chi connectivity index (χ1n) is 5.59. The number of amides is 1. The predicted molar refractivity (Wildman–Crippen MR) is 70.8 cm³/mol. The third-order valence-corrected chi connectivity index (χ3v) is 3.14. The summed E-state index contributed by atoms with van der Waals surface area (Å²) in [7, 11) is 3.85. The molecule has 1 aliphatic heterocycles. The van der Waals surface area contributed by atoms with Crippen molar-refractivity contribution in [1.82, 2.24) is 5.32 Å². The van der Waals surface area contributed by atoms with E-state index in [4.69, 9.17) is 11.6 Å². The second-order valence-corrected chi connectivity index (χ2v) is 4.67. The van der Waals surface area contributed by atoms with E-state index in [1.807, 2.05) is 38.1 Å².